The SMILES string of the molecule is c1ccc(-c2nc(-c3ccc(-c4ccc(-c5cc6ccc7ccccc7c6c6ccccc56)cc4)cc3)cc(-c3ccc(-c4cc(-c5ccc(-c6nc(-c7ccc(-c8ccc(-c9cc%10ccc%11ccccc%11c%10c%10ccccc9%10)cc8)cc7)cc(-c7ccc(-c8cncc9ccccc89)cc7)n6)cc5)nc5ccccc45)cc3)n2)cc1. The van der Waals surface area contributed by atoms with Crippen molar-refractivity contribution in [1.82, 2.24) is 29.9 Å². The van der Waals surface area contributed by atoms with Crippen molar-refractivity contribution in [2.45, 2.75) is 0 Å². The lowest BCUT2D eigenvalue weighted by Gasteiger charge is -2.14. The van der Waals surface area contributed by atoms with Gasteiger partial charge in [0.05, 0.1) is 34.0 Å². The van der Waals surface area contributed by atoms with E-state index in [-0.39, 0.29) is 0 Å². The average Bonchev–Trinajstić information content (AvgIpc) is 0.745. The summed E-state index contributed by atoms with van der Waals surface area (Å²) < 4.78 is 0. The summed E-state index contributed by atoms with van der Waals surface area (Å²) in [7, 11) is 0. The number of pyridine rings is 2. The molecule has 116 heavy (non-hydrogen) atoms. The van der Waals surface area contributed by atoms with Crippen LogP contribution in [0.5, 0.6) is 0 Å². The lowest BCUT2D eigenvalue weighted by atomic mass is 9.90. The lowest BCUT2D eigenvalue weighted by molar-refractivity contribution is 1.18. The van der Waals surface area contributed by atoms with E-state index in [2.05, 4.69) is 387 Å². The third kappa shape index (κ3) is 12.2. The first kappa shape index (κ1) is 67.4. The maximum absolute atomic E-state index is 5.37. The van der Waals surface area contributed by atoms with Gasteiger partial charge in [-0.25, -0.2) is 24.9 Å². The molecular weight excluding hydrogens is 1410 g/mol. The van der Waals surface area contributed by atoms with Gasteiger partial charge in [0.2, 0.25) is 0 Å². The fourth-order valence-corrected chi connectivity index (χ4v) is 17.3. The van der Waals surface area contributed by atoms with Crippen molar-refractivity contribution in [3.05, 3.63) is 413 Å². The van der Waals surface area contributed by atoms with E-state index in [4.69, 9.17) is 24.9 Å². The first-order valence-electron chi connectivity index (χ1n) is 39.4. The van der Waals surface area contributed by atoms with Crippen molar-refractivity contribution in [2.24, 2.45) is 0 Å². The summed E-state index contributed by atoms with van der Waals surface area (Å²) in [4.78, 5) is 31.1. The molecule has 538 valence electrons. The van der Waals surface area contributed by atoms with Crippen LogP contribution in [0.4, 0.5) is 0 Å². The van der Waals surface area contributed by atoms with E-state index in [1.165, 1.54) is 86.9 Å². The number of benzene rings is 18. The van der Waals surface area contributed by atoms with Crippen LogP contribution < -0.4 is 0 Å². The highest BCUT2D eigenvalue weighted by molar-refractivity contribution is 6.25. The lowest BCUT2D eigenvalue weighted by Crippen LogP contribution is -1.96. The summed E-state index contributed by atoms with van der Waals surface area (Å²) in [6, 6.07) is 144. The Morgan fingerprint density at radius 1 is 0.147 bits per heavy atom. The maximum Gasteiger partial charge on any atom is 0.160 e. The van der Waals surface area contributed by atoms with E-state index >= 15 is 0 Å². The van der Waals surface area contributed by atoms with Crippen LogP contribution in [-0.4, -0.2) is 29.9 Å². The third-order valence-electron chi connectivity index (χ3n) is 23.2. The van der Waals surface area contributed by atoms with Crippen LogP contribution in [0.2, 0.25) is 0 Å². The summed E-state index contributed by atoms with van der Waals surface area (Å²) in [6.45, 7) is 0. The zero-order chi connectivity index (χ0) is 76.6. The monoisotopic (exact) mass is 1470 g/mol. The van der Waals surface area contributed by atoms with Crippen molar-refractivity contribution >= 4 is 86.3 Å². The van der Waals surface area contributed by atoms with Gasteiger partial charge in [-0.3, -0.25) is 4.98 Å². The summed E-state index contributed by atoms with van der Waals surface area (Å²) in [5.74, 6) is 1.29. The van der Waals surface area contributed by atoms with Crippen molar-refractivity contribution in [3.8, 4) is 146 Å². The second-order valence-corrected chi connectivity index (χ2v) is 30.0. The highest BCUT2D eigenvalue weighted by Gasteiger charge is 2.20. The van der Waals surface area contributed by atoms with Crippen molar-refractivity contribution in [1.29, 1.82) is 0 Å². The molecule has 18 aromatic carbocycles. The molecule has 0 unspecified atom stereocenters. The molecule has 22 aromatic rings. The van der Waals surface area contributed by atoms with Crippen LogP contribution in [0.25, 0.3) is 232 Å². The van der Waals surface area contributed by atoms with Crippen molar-refractivity contribution < 1.29 is 0 Å². The van der Waals surface area contributed by atoms with E-state index in [9.17, 15) is 0 Å². The molecule has 0 aliphatic rings. The van der Waals surface area contributed by atoms with Gasteiger partial charge in [-0.2, -0.15) is 0 Å². The second-order valence-electron chi connectivity index (χ2n) is 30.0. The number of nitrogens with zero attached hydrogens (tertiary/aromatic N) is 6. The Kier molecular flexibility index (Phi) is 16.5. The molecular formula is C110H68N6. The predicted molar refractivity (Wildman–Crippen MR) is 484 cm³/mol. The van der Waals surface area contributed by atoms with E-state index in [0.717, 1.165) is 134 Å². The topological polar surface area (TPSA) is 77.3 Å². The van der Waals surface area contributed by atoms with Crippen LogP contribution in [-0.2, 0) is 0 Å². The summed E-state index contributed by atoms with van der Waals surface area (Å²) in [6.07, 6.45) is 3.87. The highest BCUT2D eigenvalue weighted by Crippen LogP contribution is 2.44. The first-order chi connectivity index (χ1) is 57.4. The fraction of sp³-hybridized carbons (Fsp3) is 0. The third-order valence-corrected chi connectivity index (χ3v) is 23.2. The minimum Gasteiger partial charge on any atom is -0.263 e. The van der Waals surface area contributed by atoms with Gasteiger partial charge in [-0.15, -0.1) is 0 Å². The normalized spacial score (nSPS) is 11.6. The Morgan fingerprint density at radius 3 is 0.871 bits per heavy atom. The molecule has 0 atom stereocenters. The quantitative estimate of drug-likeness (QED) is 0.107. The Labute approximate surface area is 670 Å². The van der Waals surface area contributed by atoms with Gasteiger partial charge in [0.25, 0.3) is 0 Å². The van der Waals surface area contributed by atoms with Gasteiger partial charge in [-0.05, 0) is 168 Å². The second kappa shape index (κ2) is 28.4. The first-order valence-corrected chi connectivity index (χ1v) is 39.4. The molecule has 0 saturated carbocycles. The van der Waals surface area contributed by atoms with E-state index < -0.39 is 0 Å². The average molecular weight is 1470 g/mol. The molecule has 0 aliphatic heterocycles. The zero-order valence-corrected chi connectivity index (χ0v) is 62.9. The molecule has 4 aromatic heterocycles. The van der Waals surface area contributed by atoms with Gasteiger partial charge in [0, 0.05) is 67.7 Å². The number of hydrogen-bond acceptors (Lipinski definition) is 6. The van der Waals surface area contributed by atoms with Gasteiger partial charge in [0.15, 0.2) is 11.6 Å². The molecule has 4 heterocycles. The summed E-state index contributed by atoms with van der Waals surface area (Å²) >= 11 is 0. The van der Waals surface area contributed by atoms with Gasteiger partial charge in [0.1, 0.15) is 0 Å². The molecule has 6 heteroatoms. The maximum atomic E-state index is 5.37. The van der Waals surface area contributed by atoms with Crippen LogP contribution >= 0.6 is 0 Å². The molecule has 0 aliphatic carbocycles. The summed E-state index contributed by atoms with van der Waals surface area (Å²) in [5, 5.41) is 18.5. The van der Waals surface area contributed by atoms with E-state index in [0.29, 0.717) is 11.6 Å². The van der Waals surface area contributed by atoms with Crippen molar-refractivity contribution in [3.63, 3.8) is 0 Å². The predicted octanol–water partition coefficient (Wildman–Crippen LogP) is 29.0. The van der Waals surface area contributed by atoms with E-state index in [1.807, 2.05) is 30.6 Å². The largest absolute Gasteiger partial charge is 0.263 e. The zero-order valence-electron chi connectivity index (χ0n) is 62.9. The fourth-order valence-electron chi connectivity index (χ4n) is 17.3. The molecule has 0 radical (unpaired) electrons. The standard InChI is InChI=1S/C110H68N6/c1-2-18-84(19-3-1)109-113-103(80-48-34-71(35-49-80)69-30-38-75(39-31-69)97-62-86-60-46-73-16-4-8-22-90(73)107(86)95-27-12-10-24-92(95)97)65-105(114-109)82-52-42-77(43-53-82)99-64-102(112-101-29-15-14-26-94(99)101)79-56-58-85(59-57-79)110-115-104(66-106(116-110)83-54-44-78(45-55-83)100-68-111-67-88-20-6-7-21-89(88)100)81-50-36-72(37-51-81)70-32-40-76(41-33-70)98-63-87-61-47-74-17-5-9-23-91(74)108(87)96-28-13-11-25-93(96)98/h1-68H. The number of fused-ring (bicyclic) bond motifs is 12. The van der Waals surface area contributed by atoms with Crippen LogP contribution in [0.15, 0.2) is 413 Å². The van der Waals surface area contributed by atoms with Crippen LogP contribution in [0.3, 0.4) is 0 Å². The number of rotatable bonds is 13. The molecule has 0 N–H and O–H groups in total. The minimum absolute atomic E-state index is 0.621. The number of para-hydroxylation sites is 1. The molecule has 0 spiro atoms. The van der Waals surface area contributed by atoms with Crippen molar-refractivity contribution in [2.75, 3.05) is 0 Å². The van der Waals surface area contributed by atoms with Gasteiger partial charge < -0.3 is 0 Å². The molecule has 22 rings (SSSR count). The Balaban J connectivity index is 0.557. The molecule has 0 bridgehead atoms. The molecule has 0 fully saturated rings. The Bertz CT molecular complexity index is 7610. The van der Waals surface area contributed by atoms with Gasteiger partial charge >= 0.3 is 0 Å². The Hall–Kier alpha value is -15.5. The smallest absolute Gasteiger partial charge is 0.160 e. The number of hydrogen-bond donors (Lipinski definition) is 0. The highest BCUT2D eigenvalue weighted by atomic mass is 14.9. The van der Waals surface area contributed by atoms with Gasteiger partial charge in [-0.1, -0.05) is 364 Å². The molecule has 0 amide bonds. The summed E-state index contributed by atoms with van der Waals surface area (Å²) in [5.41, 5.74) is 25.5. The van der Waals surface area contributed by atoms with Crippen LogP contribution in [0.1, 0.15) is 0 Å². The minimum atomic E-state index is 0.621. The number of aromatic nitrogens is 6. The van der Waals surface area contributed by atoms with Crippen LogP contribution in [0, 0.1) is 0 Å². The molecule has 6 nitrogen and oxygen atoms in total. The Morgan fingerprint density at radius 2 is 0.440 bits per heavy atom. The molecule has 0 saturated heterocycles. The van der Waals surface area contributed by atoms with E-state index in [1.54, 1.807) is 0 Å².